The summed E-state index contributed by atoms with van der Waals surface area (Å²) in [6.07, 6.45) is 4.69. The summed E-state index contributed by atoms with van der Waals surface area (Å²) in [5.41, 5.74) is 6.48. The molecule has 0 aromatic heterocycles. The molecule has 3 N–H and O–H groups in total. The highest BCUT2D eigenvalue weighted by Crippen LogP contribution is 2.21. The zero-order valence-corrected chi connectivity index (χ0v) is 15.3. The van der Waals surface area contributed by atoms with Gasteiger partial charge in [-0.1, -0.05) is 43.2 Å². The highest BCUT2D eigenvalue weighted by molar-refractivity contribution is 5.85. The Morgan fingerprint density at radius 2 is 1.64 bits per heavy atom. The molecular formula is C20H27ClN2O2. The van der Waals surface area contributed by atoms with Gasteiger partial charge < -0.3 is 15.8 Å². The first-order valence-corrected chi connectivity index (χ1v) is 8.56. The fourth-order valence-electron chi connectivity index (χ4n) is 2.42. The van der Waals surface area contributed by atoms with Crippen molar-refractivity contribution in [2.45, 2.75) is 38.6 Å². The van der Waals surface area contributed by atoms with Gasteiger partial charge in [0.15, 0.2) is 0 Å². The fourth-order valence-corrected chi connectivity index (χ4v) is 2.42. The number of para-hydroxylation sites is 1. The third-order valence-corrected chi connectivity index (χ3v) is 3.72. The van der Waals surface area contributed by atoms with Crippen molar-refractivity contribution >= 4 is 18.3 Å². The number of benzene rings is 2. The number of amides is 1. The average molecular weight is 363 g/mol. The number of hydrogen-bond donors (Lipinski definition) is 2. The van der Waals surface area contributed by atoms with Gasteiger partial charge in [-0.15, -0.1) is 12.4 Å². The van der Waals surface area contributed by atoms with Crippen LogP contribution in [0.4, 0.5) is 0 Å². The first kappa shape index (κ1) is 21.0. The third kappa shape index (κ3) is 8.57. The van der Waals surface area contributed by atoms with Crippen molar-refractivity contribution in [3.63, 3.8) is 0 Å². The van der Waals surface area contributed by atoms with Crippen molar-refractivity contribution in [2.75, 3.05) is 6.54 Å². The van der Waals surface area contributed by atoms with Gasteiger partial charge in [0.25, 0.3) is 0 Å². The highest BCUT2D eigenvalue weighted by Gasteiger charge is 2.03. The smallest absolute Gasteiger partial charge is 0.220 e. The maximum atomic E-state index is 11.9. The molecule has 1 amide bonds. The maximum absolute atomic E-state index is 11.9. The molecule has 0 fully saturated rings. The largest absolute Gasteiger partial charge is 0.457 e. The van der Waals surface area contributed by atoms with E-state index in [2.05, 4.69) is 5.32 Å². The van der Waals surface area contributed by atoms with E-state index in [4.69, 9.17) is 10.5 Å². The van der Waals surface area contributed by atoms with Crippen LogP contribution in [0.5, 0.6) is 11.5 Å². The predicted octanol–water partition coefficient (Wildman–Crippen LogP) is 4.43. The SMILES string of the molecule is Cl.NCCCCCCC(=O)NCc1cccc(Oc2ccccc2)c1. The number of carbonyl (C=O) groups excluding carboxylic acids is 1. The number of ether oxygens (including phenoxy) is 1. The lowest BCUT2D eigenvalue weighted by atomic mass is 10.1. The molecule has 2 aromatic carbocycles. The molecular weight excluding hydrogens is 336 g/mol. The van der Waals surface area contributed by atoms with Gasteiger partial charge in [0.2, 0.25) is 5.91 Å². The Morgan fingerprint density at radius 3 is 2.40 bits per heavy atom. The number of halogens is 1. The Kier molecular flexibility index (Phi) is 10.4. The average Bonchev–Trinajstić information content (AvgIpc) is 2.61. The number of nitrogens with two attached hydrogens (primary N) is 1. The molecule has 0 aliphatic rings. The maximum Gasteiger partial charge on any atom is 0.220 e. The second kappa shape index (κ2) is 12.3. The number of hydrogen-bond acceptors (Lipinski definition) is 3. The Balaban J connectivity index is 0.00000312. The molecule has 2 rings (SSSR count). The molecule has 0 aliphatic heterocycles. The number of carbonyl (C=O) groups is 1. The molecule has 136 valence electrons. The quantitative estimate of drug-likeness (QED) is 0.614. The zero-order valence-electron chi connectivity index (χ0n) is 14.4. The van der Waals surface area contributed by atoms with Crippen LogP contribution in [0.2, 0.25) is 0 Å². The first-order valence-electron chi connectivity index (χ1n) is 8.56. The Morgan fingerprint density at radius 1 is 0.920 bits per heavy atom. The van der Waals surface area contributed by atoms with Crippen LogP contribution < -0.4 is 15.8 Å². The van der Waals surface area contributed by atoms with Gasteiger partial charge >= 0.3 is 0 Å². The summed E-state index contributed by atoms with van der Waals surface area (Å²) >= 11 is 0. The normalized spacial score (nSPS) is 9.96. The van der Waals surface area contributed by atoms with E-state index in [0.29, 0.717) is 13.0 Å². The van der Waals surface area contributed by atoms with E-state index >= 15 is 0 Å². The van der Waals surface area contributed by atoms with Crippen LogP contribution in [0.25, 0.3) is 0 Å². The topological polar surface area (TPSA) is 64.4 Å². The molecule has 0 radical (unpaired) electrons. The summed E-state index contributed by atoms with van der Waals surface area (Å²) < 4.78 is 5.81. The zero-order chi connectivity index (χ0) is 17.0. The minimum absolute atomic E-state index is 0. The minimum atomic E-state index is 0. The predicted molar refractivity (Wildman–Crippen MR) is 104 cm³/mol. The van der Waals surface area contributed by atoms with Gasteiger partial charge in [-0.25, -0.2) is 0 Å². The van der Waals surface area contributed by atoms with Crippen molar-refractivity contribution in [3.05, 3.63) is 60.2 Å². The van der Waals surface area contributed by atoms with Gasteiger partial charge in [-0.05, 0) is 49.2 Å². The van der Waals surface area contributed by atoms with Crippen LogP contribution in [0.1, 0.15) is 37.7 Å². The summed E-state index contributed by atoms with van der Waals surface area (Å²) in [4.78, 5) is 11.9. The van der Waals surface area contributed by atoms with E-state index in [1.54, 1.807) is 0 Å². The summed E-state index contributed by atoms with van der Waals surface area (Å²) in [6, 6.07) is 17.4. The molecule has 0 aliphatic carbocycles. The number of unbranched alkanes of at least 4 members (excludes halogenated alkanes) is 3. The van der Waals surface area contributed by atoms with E-state index < -0.39 is 0 Å². The van der Waals surface area contributed by atoms with E-state index in [-0.39, 0.29) is 18.3 Å². The second-order valence-corrected chi connectivity index (χ2v) is 5.79. The fraction of sp³-hybridized carbons (Fsp3) is 0.350. The van der Waals surface area contributed by atoms with E-state index in [1.165, 1.54) is 0 Å². The lowest BCUT2D eigenvalue weighted by Gasteiger charge is -2.09. The monoisotopic (exact) mass is 362 g/mol. The van der Waals surface area contributed by atoms with Crippen LogP contribution >= 0.6 is 12.4 Å². The van der Waals surface area contributed by atoms with Crippen LogP contribution in [0.15, 0.2) is 54.6 Å². The number of nitrogens with one attached hydrogen (secondary N) is 1. The van der Waals surface area contributed by atoms with Crippen LogP contribution in [0.3, 0.4) is 0 Å². The minimum Gasteiger partial charge on any atom is -0.457 e. The van der Waals surface area contributed by atoms with Crippen molar-refractivity contribution in [3.8, 4) is 11.5 Å². The summed E-state index contributed by atoms with van der Waals surface area (Å²) in [5.74, 6) is 1.67. The van der Waals surface area contributed by atoms with Crippen LogP contribution in [0, 0.1) is 0 Å². The molecule has 0 spiro atoms. The molecule has 0 atom stereocenters. The van der Waals surface area contributed by atoms with Gasteiger partial charge in [-0.3, -0.25) is 4.79 Å². The molecule has 25 heavy (non-hydrogen) atoms. The van der Waals surface area contributed by atoms with Crippen LogP contribution in [-0.2, 0) is 11.3 Å². The lowest BCUT2D eigenvalue weighted by Crippen LogP contribution is -2.22. The Labute approximate surface area is 156 Å². The molecule has 0 heterocycles. The van der Waals surface area contributed by atoms with Crippen molar-refractivity contribution < 1.29 is 9.53 Å². The molecule has 0 bridgehead atoms. The van der Waals surface area contributed by atoms with Crippen LogP contribution in [-0.4, -0.2) is 12.5 Å². The molecule has 0 saturated carbocycles. The van der Waals surface area contributed by atoms with Crippen molar-refractivity contribution in [1.82, 2.24) is 5.32 Å². The van der Waals surface area contributed by atoms with Gasteiger partial charge in [0.05, 0.1) is 0 Å². The molecule has 5 heteroatoms. The number of rotatable bonds is 10. The van der Waals surface area contributed by atoms with E-state index in [9.17, 15) is 4.79 Å². The lowest BCUT2D eigenvalue weighted by molar-refractivity contribution is -0.121. The first-order chi connectivity index (χ1) is 11.8. The van der Waals surface area contributed by atoms with Gasteiger partial charge in [0.1, 0.15) is 11.5 Å². The molecule has 4 nitrogen and oxygen atoms in total. The van der Waals surface area contributed by atoms with Gasteiger partial charge in [-0.2, -0.15) is 0 Å². The summed E-state index contributed by atoms with van der Waals surface area (Å²) in [7, 11) is 0. The molecule has 0 unspecified atom stereocenters. The Bertz CT molecular complexity index is 620. The Hall–Kier alpha value is -2.04. The highest BCUT2D eigenvalue weighted by atomic mass is 35.5. The standard InChI is InChI=1S/C20H26N2O2.ClH/c21-14-7-2-1-6-13-20(23)22-16-17-9-8-12-19(15-17)24-18-10-4-3-5-11-18;/h3-5,8-12,15H,1-2,6-7,13-14,16,21H2,(H,22,23);1H. The summed E-state index contributed by atoms with van der Waals surface area (Å²) in [6.45, 7) is 1.25. The molecule has 2 aromatic rings. The second-order valence-electron chi connectivity index (χ2n) is 5.79. The van der Waals surface area contributed by atoms with Crippen molar-refractivity contribution in [1.29, 1.82) is 0 Å². The van der Waals surface area contributed by atoms with Crippen molar-refractivity contribution in [2.24, 2.45) is 5.73 Å². The van der Waals surface area contributed by atoms with Gasteiger partial charge in [0, 0.05) is 13.0 Å². The third-order valence-electron chi connectivity index (χ3n) is 3.72. The summed E-state index contributed by atoms with van der Waals surface area (Å²) in [5, 5.41) is 2.96. The van der Waals surface area contributed by atoms with E-state index in [0.717, 1.165) is 49.3 Å². The van der Waals surface area contributed by atoms with E-state index in [1.807, 2.05) is 54.6 Å². The molecule has 0 saturated heterocycles.